The molecular formula is C27H37BrN4. The Labute approximate surface area is 201 Å². The molecule has 1 fully saturated rings. The van der Waals surface area contributed by atoms with Gasteiger partial charge in [0.15, 0.2) is 0 Å². The summed E-state index contributed by atoms with van der Waals surface area (Å²) in [7, 11) is 0. The lowest BCUT2D eigenvalue weighted by Crippen LogP contribution is -2.47. The summed E-state index contributed by atoms with van der Waals surface area (Å²) in [5.41, 5.74) is 3.89. The maximum atomic E-state index is 4.84. The van der Waals surface area contributed by atoms with Crippen molar-refractivity contribution in [3.05, 3.63) is 52.6 Å². The molecule has 3 heterocycles. The van der Waals surface area contributed by atoms with Crippen molar-refractivity contribution in [3.8, 4) is 0 Å². The number of piperazine rings is 1. The Kier molecular flexibility index (Phi) is 8.12. The standard InChI is InChI=1S/C27H37BrN4/c1-3-4-5-9-21(2)10-8-12-22-11-6-7-13-25(22)31-16-18-32(19-17-31)26-15-14-23-24(28)20-29-27(23)30-26/h6-7,11,13-15,20-21H,3-5,8-10,12,16-19H2,1-2H3,(H,29,30). The van der Waals surface area contributed by atoms with E-state index >= 15 is 0 Å². The molecule has 172 valence electrons. The lowest BCUT2D eigenvalue weighted by molar-refractivity contribution is 0.450. The van der Waals surface area contributed by atoms with E-state index in [9.17, 15) is 0 Å². The Hall–Kier alpha value is -2.01. The van der Waals surface area contributed by atoms with E-state index in [0.717, 1.165) is 53.4 Å². The minimum Gasteiger partial charge on any atom is -0.368 e. The van der Waals surface area contributed by atoms with Crippen LogP contribution in [0.5, 0.6) is 0 Å². The Morgan fingerprint density at radius 3 is 2.53 bits per heavy atom. The number of H-pyrrole nitrogens is 1. The van der Waals surface area contributed by atoms with Gasteiger partial charge in [0.05, 0.1) is 0 Å². The van der Waals surface area contributed by atoms with Crippen molar-refractivity contribution in [1.29, 1.82) is 0 Å². The van der Waals surface area contributed by atoms with Crippen LogP contribution >= 0.6 is 15.9 Å². The number of hydrogen-bond donors (Lipinski definition) is 1. The highest BCUT2D eigenvalue weighted by molar-refractivity contribution is 9.10. The highest BCUT2D eigenvalue weighted by atomic mass is 79.9. The van der Waals surface area contributed by atoms with Crippen molar-refractivity contribution in [3.63, 3.8) is 0 Å². The number of nitrogens with zero attached hydrogens (tertiary/aromatic N) is 3. The second kappa shape index (κ2) is 11.2. The van der Waals surface area contributed by atoms with Crippen LogP contribution in [-0.4, -0.2) is 36.1 Å². The fourth-order valence-corrected chi connectivity index (χ4v) is 5.31. The zero-order valence-electron chi connectivity index (χ0n) is 19.6. The molecule has 3 aromatic rings. The smallest absolute Gasteiger partial charge is 0.140 e. The van der Waals surface area contributed by atoms with Crippen molar-refractivity contribution in [2.75, 3.05) is 36.0 Å². The number of rotatable bonds is 10. The van der Waals surface area contributed by atoms with Gasteiger partial charge in [-0.2, -0.15) is 0 Å². The highest BCUT2D eigenvalue weighted by Gasteiger charge is 2.20. The van der Waals surface area contributed by atoms with Crippen LogP contribution in [0, 0.1) is 5.92 Å². The zero-order chi connectivity index (χ0) is 22.3. The molecule has 1 atom stereocenters. The molecule has 4 nitrogen and oxygen atoms in total. The van der Waals surface area contributed by atoms with E-state index in [1.165, 1.54) is 56.2 Å². The van der Waals surface area contributed by atoms with Crippen LogP contribution in [0.1, 0.15) is 57.9 Å². The van der Waals surface area contributed by atoms with E-state index in [1.54, 1.807) is 0 Å². The first-order valence-electron chi connectivity index (χ1n) is 12.4. The summed E-state index contributed by atoms with van der Waals surface area (Å²) >= 11 is 3.58. The molecule has 0 saturated carbocycles. The van der Waals surface area contributed by atoms with Gasteiger partial charge in [0.2, 0.25) is 0 Å². The topological polar surface area (TPSA) is 35.2 Å². The van der Waals surface area contributed by atoms with Crippen LogP contribution in [0.2, 0.25) is 0 Å². The summed E-state index contributed by atoms with van der Waals surface area (Å²) in [6.45, 7) is 8.80. The number of nitrogens with one attached hydrogen (secondary N) is 1. The molecule has 32 heavy (non-hydrogen) atoms. The molecule has 2 aromatic heterocycles. The minimum atomic E-state index is 0.849. The third-order valence-electron chi connectivity index (χ3n) is 6.85. The quantitative estimate of drug-likeness (QED) is 0.301. The first kappa shape index (κ1) is 23.2. The minimum absolute atomic E-state index is 0.849. The summed E-state index contributed by atoms with van der Waals surface area (Å²) in [5.74, 6) is 1.92. The second-order valence-corrected chi connectivity index (χ2v) is 10.2. The van der Waals surface area contributed by atoms with Gasteiger partial charge >= 0.3 is 0 Å². The number of halogens is 1. The number of aromatic amines is 1. The van der Waals surface area contributed by atoms with E-state index in [-0.39, 0.29) is 0 Å². The van der Waals surface area contributed by atoms with Gasteiger partial charge in [-0.3, -0.25) is 0 Å². The molecule has 0 radical (unpaired) electrons. The Morgan fingerprint density at radius 2 is 1.72 bits per heavy atom. The predicted molar refractivity (Wildman–Crippen MR) is 141 cm³/mol. The van der Waals surface area contributed by atoms with Gasteiger partial charge < -0.3 is 14.8 Å². The number of hydrogen-bond acceptors (Lipinski definition) is 3. The number of unbranched alkanes of at least 4 members (excludes halogenated alkanes) is 2. The van der Waals surface area contributed by atoms with Crippen molar-refractivity contribution in [1.82, 2.24) is 9.97 Å². The van der Waals surface area contributed by atoms with Crippen molar-refractivity contribution in [2.24, 2.45) is 5.92 Å². The maximum Gasteiger partial charge on any atom is 0.140 e. The maximum absolute atomic E-state index is 4.84. The van der Waals surface area contributed by atoms with Crippen LogP contribution in [0.15, 0.2) is 47.1 Å². The van der Waals surface area contributed by atoms with Crippen LogP contribution in [0.25, 0.3) is 11.0 Å². The van der Waals surface area contributed by atoms with Crippen molar-refractivity contribution < 1.29 is 0 Å². The third kappa shape index (κ3) is 5.67. The lowest BCUT2D eigenvalue weighted by Gasteiger charge is -2.37. The van der Waals surface area contributed by atoms with Crippen LogP contribution in [0.4, 0.5) is 11.5 Å². The SMILES string of the molecule is CCCCCC(C)CCCc1ccccc1N1CCN(c2ccc3c(Br)c[nH]c3n2)CC1. The van der Waals surface area contributed by atoms with E-state index in [1.807, 2.05) is 6.20 Å². The summed E-state index contributed by atoms with van der Waals surface area (Å²) < 4.78 is 1.07. The monoisotopic (exact) mass is 496 g/mol. The summed E-state index contributed by atoms with van der Waals surface area (Å²) in [6.07, 6.45) is 11.3. The first-order chi connectivity index (χ1) is 15.7. The highest BCUT2D eigenvalue weighted by Crippen LogP contribution is 2.28. The average molecular weight is 498 g/mol. The van der Waals surface area contributed by atoms with Crippen LogP contribution < -0.4 is 9.80 Å². The molecule has 1 aliphatic heterocycles. The molecule has 1 aliphatic rings. The number of pyridine rings is 1. The summed E-state index contributed by atoms with van der Waals surface area (Å²) in [5, 5.41) is 1.14. The fraction of sp³-hybridized carbons (Fsp3) is 0.519. The van der Waals surface area contributed by atoms with Gasteiger partial charge in [-0.05, 0) is 58.5 Å². The number of fused-ring (bicyclic) bond motifs is 1. The third-order valence-corrected chi connectivity index (χ3v) is 7.51. The molecule has 0 aliphatic carbocycles. The van der Waals surface area contributed by atoms with Gasteiger partial charge in [0.1, 0.15) is 11.5 Å². The van der Waals surface area contributed by atoms with Crippen molar-refractivity contribution >= 4 is 38.5 Å². The molecule has 1 unspecified atom stereocenters. The molecule has 5 heteroatoms. The van der Waals surface area contributed by atoms with Crippen LogP contribution in [-0.2, 0) is 6.42 Å². The lowest BCUT2D eigenvalue weighted by atomic mass is 9.95. The van der Waals surface area contributed by atoms with Gasteiger partial charge in [-0.25, -0.2) is 4.98 Å². The summed E-state index contributed by atoms with van der Waals surface area (Å²) in [6, 6.07) is 13.3. The van der Waals surface area contributed by atoms with Gasteiger partial charge in [0, 0.05) is 47.9 Å². The Bertz CT molecular complexity index is 990. The number of aromatic nitrogens is 2. The average Bonchev–Trinajstić information content (AvgIpc) is 3.20. The molecule has 4 rings (SSSR count). The van der Waals surface area contributed by atoms with Crippen molar-refractivity contribution in [2.45, 2.75) is 58.8 Å². The van der Waals surface area contributed by atoms with E-state index in [2.05, 4.69) is 81.0 Å². The van der Waals surface area contributed by atoms with E-state index in [4.69, 9.17) is 4.98 Å². The molecule has 0 spiro atoms. The van der Waals surface area contributed by atoms with E-state index in [0.29, 0.717) is 0 Å². The zero-order valence-corrected chi connectivity index (χ0v) is 21.2. The Morgan fingerprint density at radius 1 is 0.969 bits per heavy atom. The molecule has 1 saturated heterocycles. The Balaban J connectivity index is 1.32. The molecule has 1 aromatic carbocycles. The van der Waals surface area contributed by atoms with Gasteiger partial charge in [-0.1, -0.05) is 64.2 Å². The first-order valence-corrected chi connectivity index (χ1v) is 13.2. The van der Waals surface area contributed by atoms with Crippen LogP contribution in [0.3, 0.4) is 0 Å². The van der Waals surface area contributed by atoms with Gasteiger partial charge in [0.25, 0.3) is 0 Å². The summed E-state index contributed by atoms with van der Waals surface area (Å²) in [4.78, 5) is 13.1. The molecule has 1 N–H and O–H groups in total. The number of anilines is 2. The molecule has 0 bridgehead atoms. The van der Waals surface area contributed by atoms with E-state index < -0.39 is 0 Å². The second-order valence-electron chi connectivity index (χ2n) is 9.30. The predicted octanol–water partition coefficient (Wildman–Crippen LogP) is 7.19. The largest absolute Gasteiger partial charge is 0.368 e. The van der Waals surface area contributed by atoms with Gasteiger partial charge in [-0.15, -0.1) is 0 Å². The fourth-order valence-electron chi connectivity index (χ4n) is 4.87. The number of benzene rings is 1. The number of aryl methyl sites for hydroxylation is 1. The normalized spacial score (nSPS) is 15.5. The molecular weight excluding hydrogens is 460 g/mol. The molecule has 0 amide bonds. The number of para-hydroxylation sites is 1.